The van der Waals surface area contributed by atoms with E-state index in [-0.39, 0.29) is 11.4 Å². The minimum Gasteiger partial charge on any atom is -0.495 e. The summed E-state index contributed by atoms with van der Waals surface area (Å²) in [6, 6.07) is 20.1. The van der Waals surface area contributed by atoms with Crippen LogP contribution in [0.2, 0.25) is 5.02 Å². The van der Waals surface area contributed by atoms with Crippen molar-refractivity contribution in [1.29, 1.82) is 0 Å². The first kappa shape index (κ1) is 23.3. The van der Waals surface area contributed by atoms with E-state index in [1.165, 1.54) is 19.2 Å². The Morgan fingerprint density at radius 1 is 1.03 bits per heavy atom. The van der Waals surface area contributed by atoms with Crippen LogP contribution in [-0.4, -0.2) is 32.3 Å². The van der Waals surface area contributed by atoms with E-state index >= 15 is 0 Å². The van der Waals surface area contributed by atoms with E-state index in [1.807, 2.05) is 0 Å². The summed E-state index contributed by atoms with van der Waals surface area (Å²) >= 11 is 9.55. The number of amides is 1. The van der Waals surface area contributed by atoms with Crippen LogP contribution in [0.4, 0.5) is 5.69 Å². The molecule has 0 aromatic heterocycles. The third-order valence-electron chi connectivity index (χ3n) is 4.46. The SMILES string of the molecule is COc1ccccc1NC(=O)CN(Cc1ccccc1Cl)S(=O)(=O)c1ccc(Br)cc1. The highest BCUT2D eigenvalue weighted by atomic mass is 79.9. The van der Waals surface area contributed by atoms with Gasteiger partial charge in [0.1, 0.15) is 5.75 Å². The summed E-state index contributed by atoms with van der Waals surface area (Å²) in [6.45, 7) is -0.459. The summed E-state index contributed by atoms with van der Waals surface area (Å²) in [6.07, 6.45) is 0. The van der Waals surface area contributed by atoms with Gasteiger partial charge in [-0.3, -0.25) is 4.79 Å². The molecule has 0 bridgehead atoms. The van der Waals surface area contributed by atoms with Gasteiger partial charge in [-0.1, -0.05) is 57.9 Å². The average molecular weight is 524 g/mol. The van der Waals surface area contributed by atoms with Gasteiger partial charge in [-0.15, -0.1) is 0 Å². The third kappa shape index (κ3) is 5.86. The molecule has 3 rings (SSSR count). The first-order valence-electron chi connectivity index (χ1n) is 9.23. The first-order valence-corrected chi connectivity index (χ1v) is 11.8. The lowest BCUT2D eigenvalue weighted by molar-refractivity contribution is -0.116. The van der Waals surface area contributed by atoms with Crippen LogP contribution in [0.3, 0.4) is 0 Å². The maximum absolute atomic E-state index is 13.3. The molecule has 3 aromatic carbocycles. The predicted molar refractivity (Wildman–Crippen MR) is 125 cm³/mol. The zero-order chi connectivity index (χ0) is 22.4. The number of para-hydroxylation sites is 2. The molecular formula is C22H20BrClN2O4S. The van der Waals surface area contributed by atoms with Crippen LogP contribution < -0.4 is 10.1 Å². The smallest absolute Gasteiger partial charge is 0.243 e. The molecule has 6 nitrogen and oxygen atoms in total. The van der Waals surface area contributed by atoms with Crippen LogP contribution in [0.5, 0.6) is 5.75 Å². The van der Waals surface area contributed by atoms with Crippen molar-refractivity contribution in [2.75, 3.05) is 19.0 Å². The maximum atomic E-state index is 13.3. The number of rotatable bonds is 8. The summed E-state index contributed by atoms with van der Waals surface area (Å²) in [5.41, 5.74) is 1.05. The number of hydrogen-bond donors (Lipinski definition) is 1. The predicted octanol–water partition coefficient (Wildman–Crippen LogP) is 4.94. The van der Waals surface area contributed by atoms with Crippen LogP contribution in [0.1, 0.15) is 5.56 Å². The Kier molecular flexibility index (Phi) is 7.72. The topological polar surface area (TPSA) is 75.7 Å². The highest BCUT2D eigenvalue weighted by Crippen LogP contribution is 2.25. The molecule has 162 valence electrons. The Hall–Kier alpha value is -2.39. The zero-order valence-corrected chi connectivity index (χ0v) is 19.7. The number of ether oxygens (including phenoxy) is 1. The summed E-state index contributed by atoms with van der Waals surface area (Å²) in [5, 5.41) is 3.13. The highest BCUT2D eigenvalue weighted by molar-refractivity contribution is 9.10. The normalized spacial score (nSPS) is 11.4. The molecule has 1 N–H and O–H groups in total. The Labute approximate surface area is 195 Å². The molecule has 31 heavy (non-hydrogen) atoms. The largest absolute Gasteiger partial charge is 0.495 e. The van der Waals surface area contributed by atoms with Gasteiger partial charge in [-0.05, 0) is 48.0 Å². The number of nitrogens with zero attached hydrogens (tertiary/aromatic N) is 1. The molecule has 0 atom stereocenters. The fourth-order valence-corrected chi connectivity index (χ4v) is 4.73. The second kappa shape index (κ2) is 10.3. The first-order chi connectivity index (χ1) is 14.8. The van der Waals surface area contributed by atoms with Gasteiger partial charge in [0.15, 0.2) is 0 Å². The fraction of sp³-hybridized carbons (Fsp3) is 0.136. The number of benzene rings is 3. The molecule has 0 radical (unpaired) electrons. The number of carbonyl (C=O) groups is 1. The van der Waals surface area contributed by atoms with Crippen molar-refractivity contribution in [1.82, 2.24) is 4.31 Å². The van der Waals surface area contributed by atoms with Crippen molar-refractivity contribution >= 4 is 49.1 Å². The number of halogens is 2. The summed E-state index contributed by atoms with van der Waals surface area (Å²) in [5.74, 6) is -0.0264. The van der Waals surface area contributed by atoms with E-state index in [4.69, 9.17) is 16.3 Å². The molecule has 0 saturated heterocycles. The quantitative estimate of drug-likeness (QED) is 0.454. The van der Waals surface area contributed by atoms with Gasteiger partial charge in [0.05, 0.1) is 24.2 Å². The van der Waals surface area contributed by atoms with Gasteiger partial charge >= 0.3 is 0 Å². The molecule has 0 fully saturated rings. The maximum Gasteiger partial charge on any atom is 0.243 e. The number of sulfonamides is 1. The van der Waals surface area contributed by atoms with Gasteiger partial charge in [0.2, 0.25) is 15.9 Å². The minimum atomic E-state index is -3.97. The molecule has 0 saturated carbocycles. The molecule has 9 heteroatoms. The third-order valence-corrected chi connectivity index (χ3v) is 7.16. The summed E-state index contributed by atoms with van der Waals surface area (Å²) < 4.78 is 33.8. The molecular weight excluding hydrogens is 504 g/mol. The number of hydrogen-bond acceptors (Lipinski definition) is 4. The van der Waals surface area contributed by atoms with Crippen molar-refractivity contribution in [3.05, 3.63) is 87.9 Å². The van der Waals surface area contributed by atoms with E-state index in [2.05, 4.69) is 21.2 Å². The van der Waals surface area contributed by atoms with E-state index in [9.17, 15) is 13.2 Å². The van der Waals surface area contributed by atoms with Crippen molar-refractivity contribution in [3.8, 4) is 5.75 Å². The van der Waals surface area contributed by atoms with E-state index in [1.54, 1.807) is 60.7 Å². The van der Waals surface area contributed by atoms with E-state index in [0.717, 1.165) is 8.78 Å². The second-order valence-corrected chi connectivity index (χ2v) is 9.83. The zero-order valence-electron chi connectivity index (χ0n) is 16.6. The molecule has 1 amide bonds. The fourth-order valence-electron chi connectivity index (χ4n) is 2.90. The molecule has 0 aliphatic carbocycles. The van der Waals surface area contributed by atoms with Crippen LogP contribution >= 0.6 is 27.5 Å². The van der Waals surface area contributed by atoms with Crippen LogP contribution in [0, 0.1) is 0 Å². The van der Waals surface area contributed by atoms with Gasteiger partial charge in [0.25, 0.3) is 0 Å². The van der Waals surface area contributed by atoms with Crippen molar-refractivity contribution in [3.63, 3.8) is 0 Å². The number of methoxy groups -OCH3 is 1. The van der Waals surface area contributed by atoms with Gasteiger partial charge in [0, 0.05) is 16.0 Å². The lowest BCUT2D eigenvalue weighted by atomic mass is 10.2. The molecule has 0 unspecified atom stereocenters. The monoisotopic (exact) mass is 522 g/mol. The minimum absolute atomic E-state index is 0.0581. The number of nitrogens with one attached hydrogen (secondary N) is 1. The van der Waals surface area contributed by atoms with Crippen LogP contribution in [0.25, 0.3) is 0 Å². The average Bonchev–Trinajstić information content (AvgIpc) is 2.75. The molecule has 0 aliphatic heterocycles. The van der Waals surface area contributed by atoms with Crippen molar-refractivity contribution < 1.29 is 17.9 Å². The van der Waals surface area contributed by atoms with Gasteiger partial charge < -0.3 is 10.1 Å². The second-order valence-electron chi connectivity index (χ2n) is 6.57. The molecule has 0 spiro atoms. The molecule has 0 heterocycles. The highest BCUT2D eigenvalue weighted by Gasteiger charge is 2.28. The Bertz CT molecular complexity index is 1170. The standard InChI is InChI=1S/C22H20BrClN2O4S/c1-30-21-9-5-4-8-20(21)25-22(27)15-26(14-16-6-2-3-7-19(16)24)31(28,29)18-12-10-17(23)11-13-18/h2-13H,14-15H2,1H3,(H,25,27). The Balaban J connectivity index is 1.91. The lowest BCUT2D eigenvalue weighted by Crippen LogP contribution is -2.37. The van der Waals surface area contributed by atoms with Crippen molar-refractivity contribution in [2.45, 2.75) is 11.4 Å². The van der Waals surface area contributed by atoms with Crippen LogP contribution in [-0.2, 0) is 21.4 Å². The van der Waals surface area contributed by atoms with Crippen LogP contribution in [0.15, 0.2) is 82.2 Å². The number of carbonyl (C=O) groups excluding carboxylic acids is 1. The van der Waals surface area contributed by atoms with E-state index < -0.39 is 22.5 Å². The van der Waals surface area contributed by atoms with E-state index in [0.29, 0.717) is 22.0 Å². The number of anilines is 1. The lowest BCUT2D eigenvalue weighted by Gasteiger charge is -2.23. The summed E-state index contributed by atoms with van der Waals surface area (Å²) in [4.78, 5) is 12.9. The van der Waals surface area contributed by atoms with Gasteiger partial charge in [-0.25, -0.2) is 8.42 Å². The molecule has 0 aliphatic rings. The molecule has 3 aromatic rings. The summed E-state index contributed by atoms with van der Waals surface area (Å²) in [7, 11) is -2.48. The Morgan fingerprint density at radius 2 is 1.68 bits per heavy atom. The van der Waals surface area contributed by atoms with Crippen molar-refractivity contribution in [2.24, 2.45) is 0 Å². The Morgan fingerprint density at radius 3 is 2.35 bits per heavy atom. The van der Waals surface area contributed by atoms with Gasteiger partial charge in [-0.2, -0.15) is 4.31 Å².